The van der Waals surface area contributed by atoms with Crippen LogP contribution in [0, 0.1) is 11.8 Å². The summed E-state index contributed by atoms with van der Waals surface area (Å²) in [6.07, 6.45) is 1.45. The highest BCUT2D eigenvalue weighted by molar-refractivity contribution is 5.78. The second-order valence-corrected chi connectivity index (χ2v) is 4.73. The van der Waals surface area contributed by atoms with Crippen LogP contribution in [0.1, 0.15) is 19.8 Å². The highest BCUT2D eigenvalue weighted by Crippen LogP contribution is 2.17. The van der Waals surface area contributed by atoms with E-state index >= 15 is 0 Å². The lowest BCUT2D eigenvalue weighted by Crippen LogP contribution is -2.48. The molecule has 1 heterocycles. The number of ether oxygens (including phenoxy) is 1. The molecule has 1 rings (SSSR count). The fraction of sp³-hybridized carbons (Fsp3) is 0.750. The Morgan fingerprint density at radius 2 is 2.16 bits per heavy atom. The van der Waals surface area contributed by atoms with Crippen molar-refractivity contribution in [3.05, 3.63) is 0 Å². The number of urea groups is 1. The van der Waals surface area contributed by atoms with Crippen LogP contribution < -0.4 is 5.32 Å². The van der Waals surface area contributed by atoms with Crippen LogP contribution in [0.2, 0.25) is 0 Å². The third kappa shape index (κ3) is 4.42. The standard InChI is InChI=1S/C12H20N2O5/c1-8(10(15)16)6-13-12(18)14-5-3-4-9(7-14)11(17)19-2/h8-9H,3-7H2,1-2H3,(H,13,18)(H,15,16). The molecule has 1 fully saturated rings. The Morgan fingerprint density at radius 3 is 2.74 bits per heavy atom. The van der Waals surface area contributed by atoms with E-state index in [1.807, 2.05) is 0 Å². The molecule has 19 heavy (non-hydrogen) atoms. The average Bonchev–Trinajstić information content (AvgIpc) is 2.43. The Morgan fingerprint density at radius 1 is 1.47 bits per heavy atom. The molecule has 2 unspecified atom stereocenters. The van der Waals surface area contributed by atoms with Crippen molar-refractivity contribution in [2.45, 2.75) is 19.8 Å². The predicted molar refractivity (Wildman–Crippen MR) is 66.5 cm³/mol. The first-order valence-corrected chi connectivity index (χ1v) is 6.29. The van der Waals surface area contributed by atoms with E-state index in [2.05, 4.69) is 10.1 Å². The first kappa shape index (κ1) is 15.3. The van der Waals surface area contributed by atoms with E-state index < -0.39 is 11.9 Å². The normalized spacial score (nSPS) is 20.5. The van der Waals surface area contributed by atoms with E-state index in [0.717, 1.165) is 6.42 Å². The number of amides is 2. The lowest BCUT2D eigenvalue weighted by Gasteiger charge is -2.31. The van der Waals surface area contributed by atoms with E-state index in [1.54, 1.807) is 0 Å². The minimum atomic E-state index is -0.952. The molecule has 2 amide bonds. The maximum absolute atomic E-state index is 11.9. The molecule has 0 aromatic carbocycles. The number of aliphatic carboxylic acids is 1. The van der Waals surface area contributed by atoms with Gasteiger partial charge < -0.3 is 20.1 Å². The van der Waals surface area contributed by atoms with Crippen LogP contribution in [0.4, 0.5) is 4.79 Å². The maximum Gasteiger partial charge on any atom is 0.317 e. The van der Waals surface area contributed by atoms with Crippen molar-refractivity contribution in [1.82, 2.24) is 10.2 Å². The minimum absolute atomic E-state index is 0.0769. The average molecular weight is 272 g/mol. The Labute approximate surface area is 111 Å². The van der Waals surface area contributed by atoms with E-state index in [-0.39, 0.29) is 24.5 Å². The molecule has 0 spiro atoms. The molecular weight excluding hydrogens is 252 g/mol. The fourth-order valence-electron chi connectivity index (χ4n) is 1.96. The van der Waals surface area contributed by atoms with E-state index in [1.165, 1.54) is 18.9 Å². The second kappa shape index (κ2) is 6.96. The van der Waals surface area contributed by atoms with Gasteiger partial charge in [-0.2, -0.15) is 0 Å². The quantitative estimate of drug-likeness (QED) is 0.718. The Kier molecular flexibility index (Phi) is 5.59. The van der Waals surface area contributed by atoms with Crippen molar-refractivity contribution in [2.75, 3.05) is 26.7 Å². The molecule has 0 radical (unpaired) electrons. The van der Waals surface area contributed by atoms with Crippen molar-refractivity contribution in [3.8, 4) is 0 Å². The second-order valence-electron chi connectivity index (χ2n) is 4.73. The van der Waals surface area contributed by atoms with Crippen LogP contribution in [0.3, 0.4) is 0 Å². The van der Waals surface area contributed by atoms with Gasteiger partial charge in [0.05, 0.1) is 18.9 Å². The summed E-state index contributed by atoms with van der Waals surface area (Å²) in [6, 6.07) is -0.332. The molecule has 1 saturated heterocycles. The van der Waals surface area contributed by atoms with Crippen molar-refractivity contribution in [1.29, 1.82) is 0 Å². The van der Waals surface area contributed by atoms with Crippen molar-refractivity contribution >= 4 is 18.0 Å². The summed E-state index contributed by atoms with van der Waals surface area (Å²) in [7, 11) is 1.33. The molecule has 0 aliphatic carbocycles. The van der Waals surface area contributed by atoms with Crippen LogP contribution in [0.15, 0.2) is 0 Å². The molecular formula is C12H20N2O5. The number of esters is 1. The minimum Gasteiger partial charge on any atom is -0.481 e. The smallest absolute Gasteiger partial charge is 0.317 e. The Hall–Kier alpha value is -1.79. The number of rotatable bonds is 4. The summed E-state index contributed by atoms with van der Waals surface area (Å²) >= 11 is 0. The molecule has 0 aromatic heterocycles. The predicted octanol–water partition coefficient (Wildman–Crippen LogP) is 0.302. The SMILES string of the molecule is COC(=O)C1CCCN(C(=O)NCC(C)C(=O)O)C1. The van der Waals surface area contributed by atoms with Crippen LogP contribution >= 0.6 is 0 Å². The van der Waals surface area contributed by atoms with Crippen LogP contribution in [0.25, 0.3) is 0 Å². The molecule has 108 valence electrons. The van der Waals surface area contributed by atoms with Gasteiger partial charge in [0.2, 0.25) is 0 Å². The summed E-state index contributed by atoms with van der Waals surface area (Å²) < 4.78 is 4.67. The van der Waals surface area contributed by atoms with Gasteiger partial charge >= 0.3 is 18.0 Å². The molecule has 7 nitrogen and oxygen atoms in total. The topological polar surface area (TPSA) is 95.9 Å². The first-order valence-electron chi connectivity index (χ1n) is 6.29. The van der Waals surface area contributed by atoms with Gasteiger partial charge in [-0.1, -0.05) is 6.92 Å². The van der Waals surface area contributed by atoms with Gasteiger partial charge in [0, 0.05) is 19.6 Å². The molecule has 2 atom stereocenters. The van der Waals surface area contributed by atoms with Gasteiger partial charge in [0.25, 0.3) is 0 Å². The van der Waals surface area contributed by atoms with Crippen molar-refractivity contribution < 1.29 is 24.2 Å². The summed E-state index contributed by atoms with van der Waals surface area (Å²) in [6.45, 7) is 2.49. The summed E-state index contributed by atoms with van der Waals surface area (Å²) in [5.41, 5.74) is 0. The summed E-state index contributed by atoms with van der Waals surface area (Å²) in [4.78, 5) is 35.5. The zero-order valence-electron chi connectivity index (χ0n) is 11.2. The monoisotopic (exact) mass is 272 g/mol. The molecule has 7 heteroatoms. The lowest BCUT2D eigenvalue weighted by molar-refractivity contribution is -0.146. The highest BCUT2D eigenvalue weighted by Gasteiger charge is 2.29. The molecule has 0 bridgehead atoms. The lowest BCUT2D eigenvalue weighted by atomic mass is 9.98. The fourth-order valence-corrected chi connectivity index (χ4v) is 1.96. The largest absolute Gasteiger partial charge is 0.481 e. The first-order chi connectivity index (χ1) is 8.95. The Bertz CT molecular complexity index is 358. The van der Waals surface area contributed by atoms with Crippen LogP contribution in [-0.4, -0.2) is 54.7 Å². The van der Waals surface area contributed by atoms with Gasteiger partial charge in [-0.15, -0.1) is 0 Å². The number of carboxylic acids is 1. The van der Waals surface area contributed by atoms with Crippen LogP contribution in [-0.2, 0) is 14.3 Å². The van der Waals surface area contributed by atoms with Gasteiger partial charge in [-0.3, -0.25) is 9.59 Å². The Balaban J connectivity index is 2.44. The van der Waals surface area contributed by atoms with Gasteiger partial charge in [0.1, 0.15) is 0 Å². The molecule has 0 saturated carbocycles. The van der Waals surface area contributed by atoms with Gasteiger partial charge in [-0.25, -0.2) is 4.79 Å². The summed E-state index contributed by atoms with van der Waals surface area (Å²) in [5.74, 6) is -2.19. The highest BCUT2D eigenvalue weighted by atomic mass is 16.5. The number of nitrogens with one attached hydrogen (secondary N) is 1. The number of carbonyl (C=O) groups excluding carboxylic acids is 2. The third-order valence-electron chi connectivity index (χ3n) is 3.22. The molecule has 2 N–H and O–H groups in total. The zero-order valence-corrected chi connectivity index (χ0v) is 11.2. The van der Waals surface area contributed by atoms with Crippen molar-refractivity contribution in [2.24, 2.45) is 11.8 Å². The number of piperidine rings is 1. The van der Waals surface area contributed by atoms with E-state index in [9.17, 15) is 14.4 Å². The van der Waals surface area contributed by atoms with Gasteiger partial charge in [0.15, 0.2) is 0 Å². The number of carboxylic acid groups (broad SMARTS) is 1. The zero-order chi connectivity index (χ0) is 14.4. The number of nitrogens with zero attached hydrogens (tertiary/aromatic N) is 1. The summed E-state index contributed by atoms with van der Waals surface area (Å²) in [5, 5.41) is 11.3. The number of hydrogen-bond donors (Lipinski definition) is 2. The van der Waals surface area contributed by atoms with Gasteiger partial charge in [-0.05, 0) is 12.8 Å². The van der Waals surface area contributed by atoms with Crippen LogP contribution in [0.5, 0.6) is 0 Å². The molecule has 1 aliphatic heterocycles. The number of carbonyl (C=O) groups is 3. The number of methoxy groups -OCH3 is 1. The molecule has 0 aromatic rings. The van der Waals surface area contributed by atoms with E-state index in [0.29, 0.717) is 19.5 Å². The third-order valence-corrected chi connectivity index (χ3v) is 3.22. The molecule has 1 aliphatic rings. The van der Waals surface area contributed by atoms with E-state index in [4.69, 9.17) is 5.11 Å². The number of hydrogen-bond acceptors (Lipinski definition) is 4. The number of likely N-dealkylation sites (tertiary alicyclic amines) is 1. The maximum atomic E-state index is 11.9. The van der Waals surface area contributed by atoms with Crippen molar-refractivity contribution in [3.63, 3.8) is 0 Å².